The summed E-state index contributed by atoms with van der Waals surface area (Å²) in [5.41, 5.74) is 2.95. The van der Waals surface area contributed by atoms with Gasteiger partial charge in [0.25, 0.3) is 0 Å². The van der Waals surface area contributed by atoms with Gasteiger partial charge < -0.3 is 14.4 Å². The minimum absolute atomic E-state index is 0.0426. The van der Waals surface area contributed by atoms with Gasteiger partial charge in [-0.25, -0.2) is 0 Å². The Kier molecular flexibility index (Phi) is 6.81. The zero-order valence-corrected chi connectivity index (χ0v) is 19.6. The van der Waals surface area contributed by atoms with Gasteiger partial charge >= 0.3 is 0 Å². The number of amides is 1. The van der Waals surface area contributed by atoms with E-state index in [1.807, 2.05) is 59.7 Å². The second kappa shape index (κ2) is 9.75. The number of aromatic nitrogens is 3. The SMILES string of the molecule is COc1ccccc1-c1nnc(SCC(=O)N2C[C@@H](C)O[C@H](C)C2)n1-c1ccc(C)cc1. The van der Waals surface area contributed by atoms with Gasteiger partial charge in [0.05, 0.1) is 30.6 Å². The topological polar surface area (TPSA) is 69.5 Å². The van der Waals surface area contributed by atoms with Crippen molar-refractivity contribution >= 4 is 17.7 Å². The van der Waals surface area contributed by atoms with E-state index in [1.165, 1.54) is 17.3 Å². The maximum absolute atomic E-state index is 12.9. The number of carbonyl (C=O) groups excluding carboxylic acids is 1. The predicted molar refractivity (Wildman–Crippen MR) is 125 cm³/mol. The van der Waals surface area contributed by atoms with Gasteiger partial charge in [0.2, 0.25) is 5.91 Å². The average molecular weight is 453 g/mol. The summed E-state index contributed by atoms with van der Waals surface area (Å²) in [7, 11) is 1.64. The van der Waals surface area contributed by atoms with Gasteiger partial charge in [0.15, 0.2) is 11.0 Å². The molecule has 4 rings (SSSR count). The highest BCUT2D eigenvalue weighted by atomic mass is 32.2. The zero-order chi connectivity index (χ0) is 22.7. The van der Waals surface area contributed by atoms with Crippen LogP contribution in [0.3, 0.4) is 0 Å². The number of ether oxygens (including phenoxy) is 2. The Morgan fingerprint density at radius 2 is 1.78 bits per heavy atom. The molecule has 8 heteroatoms. The monoisotopic (exact) mass is 452 g/mol. The Morgan fingerprint density at radius 3 is 2.47 bits per heavy atom. The van der Waals surface area contributed by atoms with E-state index in [0.717, 1.165) is 17.0 Å². The lowest BCUT2D eigenvalue weighted by atomic mass is 10.1. The lowest BCUT2D eigenvalue weighted by Gasteiger charge is -2.35. The van der Waals surface area contributed by atoms with E-state index in [9.17, 15) is 4.79 Å². The van der Waals surface area contributed by atoms with Crippen LogP contribution < -0.4 is 4.74 Å². The van der Waals surface area contributed by atoms with E-state index in [4.69, 9.17) is 9.47 Å². The quantitative estimate of drug-likeness (QED) is 0.527. The fraction of sp³-hybridized carbons (Fsp3) is 0.375. The van der Waals surface area contributed by atoms with Crippen molar-refractivity contribution < 1.29 is 14.3 Å². The lowest BCUT2D eigenvalue weighted by molar-refractivity contribution is -0.140. The number of aryl methyl sites for hydroxylation is 1. The van der Waals surface area contributed by atoms with Crippen LogP contribution in [0.25, 0.3) is 17.1 Å². The first-order valence-electron chi connectivity index (χ1n) is 10.7. The van der Waals surface area contributed by atoms with Gasteiger partial charge in [-0.1, -0.05) is 41.6 Å². The molecule has 0 N–H and O–H groups in total. The maximum atomic E-state index is 12.9. The highest BCUT2D eigenvalue weighted by molar-refractivity contribution is 7.99. The number of carbonyl (C=O) groups is 1. The van der Waals surface area contributed by atoms with Crippen LogP contribution in [0.1, 0.15) is 19.4 Å². The molecule has 7 nitrogen and oxygen atoms in total. The van der Waals surface area contributed by atoms with Crippen LogP contribution in [0.2, 0.25) is 0 Å². The molecule has 3 aromatic rings. The van der Waals surface area contributed by atoms with E-state index in [1.54, 1.807) is 7.11 Å². The van der Waals surface area contributed by atoms with Crippen molar-refractivity contribution in [2.24, 2.45) is 0 Å². The summed E-state index contributed by atoms with van der Waals surface area (Å²) in [6, 6.07) is 15.9. The summed E-state index contributed by atoms with van der Waals surface area (Å²) in [5, 5.41) is 9.58. The highest BCUT2D eigenvalue weighted by Gasteiger charge is 2.27. The van der Waals surface area contributed by atoms with Gasteiger partial charge in [-0.05, 0) is 45.0 Å². The van der Waals surface area contributed by atoms with Crippen LogP contribution in [0.5, 0.6) is 5.75 Å². The molecule has 1 saturated heterocycles. The summed E-state index contributed by atoms with van der Waals surface area (Å²) >= 11 is 1.40. The van der Waals surface area contributed by atoms with Gasteiger partial charge in [-0.15, -0.1) is 10.2 Å². The van der Waals surface area contributed by atoms with Crippen LogP contribution in [0, 0.1) is 6.92 Å². The Bertz CT molecular complexity index is 1070. The van der Waals surface area contributed by atoms with E-state index in [0.29, 0.717) is 24.1 Å². The first-order chi connectivity index (χ1) is 15.5. The van der Waals surface area contributed by atoms with Crippen molar-refractivity contribution in [2.45, 2.75) is 38.1 Å². The van der Waals surface area contributed by atoms with Crippen LogP contribution >= 0.6 is 11.8 Å². The van der Waals surface area contributed by atoms with E-state index < -0.39 is 0 Å². The summed E-state index contributed by atoms with van der Waals surface area (Å²) in [6.45, 7) is 7.27. The van der Waals surface area contributed by atoms with Crippen LogP contribution in [0.4, 0.5) is 0 Å². The fourth-order valence-electron chi connectivity index (χ4n) is 3.89. The molecule has 1 amide bonds. The highest BCUT2D eigenvalue weighted by Crippen LogP contribution is 2.33. The molecule has 0 bridgehead atoms. The third-order valence-electron chi connectivity index (χ3n) is 5.37. The molecule has 2 heterocycles. The molecule has 2 aromatic carbocycles. The first-order valence-corrected chi connectivity index (χ1v) is 11.7. The molecule has 0 aliphatic carbocycles. The Labute approximate surface area is 192 Å². The van der Waals surface area contributed by atoms with Gasteiger partial charge in [-0.2, -0.15) is 0 Å². The Balaban J connectivity index is 1.64. The zero-order valence-electron chi connectivity index (χ0n) is 18.8. The number of methoxy groups -OCH3 is 1. The largest absolute Gasteiger partial charge is 0.496 e. The van der Waals surface area contributed by atoms with Gasteiger partial charge in [0, 0.05) is 18.8 Å². The molecule has 0 radical (unpaired) electrons. The Hall–Kier alpha value is -2.84. The number of para-hydroxylation sites is 1. The second-order valence-electron chi connectivity index (χ2n) is 8.02. The normalized spacial score (nSPS) is 18.6. The van der Waals surface area contributed by atoms with Crippen molar-refractivity contribution in [3.05, 3.63) is 54.1 Å². The number of thioether (sulfide) groups is 1. The molecule has 1 aliphatic rings. The van der Waals surface area contributed by atoms with Crippen molar-refractivity contribution in [3.8, 4) is 22.8 Å². The van der Waals surface area contributed by atoms with Crippen molar-refractivity contribution in [1.82, 2.24) is 19.7 Å². The molecule has 0 unspecified atom stereocenters. The molecule has 168 valence electrons. The number of hydrogen-bond donors (Lipinski definition) is 0. The lowest BCUT2D eigenvalue weighted by Crippen LogP contribution is -2.48. The van der Waals surface area contributed by atoms with Crippen molar-refractivity contribution in [2.75, 3.05) is 26.0 Å². The number of morpholine rings is 1. The predicted octanol–water partition coefficient (Wildman–Crippen LogP) is 3.98. The van der Waals surface area contributed by atoms with Crippen LogP contribution in [-0.4, -0.2) is 63.7 Å². The maximum Gasteiger partial charge on any atom is 0.233 e. The number of benzene rings is 2. The summed E-state index contributed by atoms with van der Waals surface area (Å²) in [6.07, 6.45) is 0.0853. The van der Waals surface area contributed by atoms with E-state index >= 15 is 0 Å². The molecule has 1 fully saturated rings. The number of hydrogen-bond acceptors (Lipinski definition) is 6. The minimum atomic E-state index is 0.0426. The molecule has 0 saturated carbocycles. The third kappa shape index (κ3) is 4.81. The number of nitrogens with zero attached hydrogens (tertiary/aromatic N) is 4. The first kappa shape index (κ1) is 22.4. The molecule has 2 atom stereocenters. The molecule has 0 spiro atoms. The van der Waals surface area contributed by atoms with Gasteiger partial charge in [-0.3, -0.25) is 9.36 Å². The number of rotatable bonds is 6. The minimum Gasteiger partial charge on any atom is -0.496 e. The molecule has 1 aliphatic heterocycles. The Morgan fingerprint density at radius 1 is 1.09 bits per heavy atom. The van der Waals surface area contributed by atoms with Crippen molar-refractivity contribution in [1.29, 1.82) is 0 Å². The van der Waals surface area contributed by atoms with Crippen LogP contribution in [-0.2, 0) is 9.53 Å². The van der Waals surface area contributed by atoms with Crippen LogP contribution in [0.15, 0.2) is 53.7 Å². The molecule has 32 heavy (non-hydrogen) atoms. The molecular weight excluding hydrogens is 424 g/mol. The molecule has 1 aromatic heterocycles. The fourth-order valence-corrected chi connectivity index (χ4v) is 4.75. The average Bonchev–Trinajstić information content (AvgIpc) is 3.21. The molecular formula is C24H28N4O3S. The summed E-state index contributed by atoms with van der Waals surface area (Å²) in [5.74, 6) is 1.76. The van der Waals surface area contributed by atoms with E-state index in [-0.39, 0.29) is 23.9 Å². The smallest absolute Gasteiger partial charge is 0.233 e. The van der Waals surface area contributed by atoms with Gasteiger partial charge in [0.1, 0.15) is 5.75 Å². The van der Waals surface area contributed by atoms with E-state index in [2.05, 4.69) is 29.3 Å². The summed E-state index contributed by atoms with van der Waals surface area (Å²) < 4.78 is 13.3. The van der Waals surface area contributed by atoms with Crippen molar-refractivity contribution in [3.63, 3.8) is 0 Å². The second-order valence-corrected chi connectivity index (χ2v) is 8.96. The standard InChI is InChI=1S/C24H28N4O3S/c1-16-9-11-19(12-10-16)28-23(20-7-5-6-8-21(20)30-4)25-26-24(28)32-15-22(29)27-13-17(2)31-18(3)14-27/h5-12,17-18H,13-15H2,1-4H3/t17-,18-/m1/s1. The third-order valence-corrected chi connectivity index (χ3v) is 6.28. The summed E-state index contributed by atoms with van der Waals surface area (Å²) in [4.78, 5) is 14.8.